The Morgan fingerprint density at radius 3 is 3.04 bits per heavy atom. The number of carbonyl (C=O) groups excluding carboxylic acids is 1. The molecule has 0 saturated carbocycles. The van der Waals surface area contributed by atoms with Crippen molar-refractivity contribution in [3.05, 3.63) is 40.5 Å². The van der Waals surface area contributed by atoms with Gasteiger partial charge in [0.25, 0.3) is 5.91 Å². The van der Waals surface area contributed by atoms with Crippen molar-refractivity contribution in [1.82, 2.24) is 14.9 Å². The number of nitrogens with zero attached hydrogens (tertiary/aromatic N) is 3. The summed E-state index contributed by atoms with van der Waals surface area (Å²) in [7, 11) is 0. The van der Waals surface area contributed by atoms with Crippen LogP contribution in [0.4, 0.5) is 5.82 Å². The fraction of sp³-hybridized carbons (Fsp3) is 0.235. The molecule has 0 spiro atoms. The molecule has 0 radical (unpaired) electrons. The van der Waals surface area contributed by atoms with Gasteiger partial charge >= 0.3 is 0 Å². The fourth-order valence-electron chi connectivity index (χ4n) is 3.34. The smallest absolute Gasteiger partial charge is 0.254 e. The average Bonchev–Trinajstić information content (AvgIpc) is 3.24. The van der Waals surface area contributed by atoms with Gasteiger partial charge in [0.2, 0.25) is 6.79 Å². The van der Waals surface area contributed by atoms with Gasteiger partial charge in [-0.25, -0.2) is 9.97 Å². The van der Waals surface area contributed by atoms with Crippen molar-refractivity contribution < 1.29 is 14.3 Å². The molecule has 8 heteroatoms. The number of aromatic nitrogens is 2. The Morgan fingerprint density at radius 1 is 1.24 bits per heavy atom. The molecular weight excluding hydrogens is 340 g/mol. The number of thiophene rings is 1. The molecule has 0 saturated heterocycles. The van der Waals surface area contributed by atoms with Crippen molar-refractivity contribution in [2.75, 3.05) is 19.1 Å². The number of nitrogen functional groups attached to an aromatic ring is 1. The number of amides is 1. The van der Waals surface area contributed by atoms with Gasteiger partial charge in [-0.3, -0.25) is 4.79 Å². The maximum absolute atomic E-state index is 12.9. The highest BCUT2D eigenvalue weighted by molar-refractivity contribution is 7.19. The zero-order valence-corrected chi connectivity index (χ0v) is 14.0. The minimum Gasteiger partial charge on any atom is -0.454 e. The van der Waals surface area contributed by atoms with Crippen LogP contribution in [-0.2, 0) is 13.0 Å². The minimum absolute atomic E-state index is 0.0135. The summed E-state index contributed by atoms with van der Waals surface area (Å²) in [6.07, 6.45) is 2.23. The standard InChI is InChI=1S/C17H14N4O3S/c18-15-14-10-3-4-21(6-13(10)25-16(14)20-7-19-15)17(22)9-1-2-11-12(5-9)24-8-23-11/h1-2,5,7H,3-4,6,8H2,(H2,18,19,20). The van der Waals surface area contributed by atoms with E-state index in [1.54, 1.807) is 29.5 Å². The third-order valence-electron chi connectivity index (χ3n) is 4.57. The molecule has 3 aromatic rings. The highest BCUT2D eigenvalue weighted by Gasteiger charge is 2.27. The number of nitrogens with two attached hydrogens (primary N) is 1. The second kappa shape index (κ2) is 5.32. The Bertz CT molecular complexity index is 1020. The normalized spacial score (nSPS) is 15.4. The van der Waals surface area contributed by atoms with Crippen LogP contribution in [0.2, 0.25) is 0 Å². The fourth-order valence-corrected chi connectivity index (χ4v) is 4.55. The zero-order valence-electron chi connectivity index (χ0n) is 13.2. The molecule has 2 aromatic heterocycles. The molecule has 0 atom stereocenters. The molecule has 0 bridgehead atoms. The number of ether oxygens (including phenoxy) is 2. The van der Waals surface area contributed by atoms with Crippen LogP contribution >= 0.6 is 11.3 Å². The lowest BCUT2D eigenvalue weighted by Crippen LogP contribution is -2.35. The lowest BCUT2D eigenvalue weighted by atomic mass is 10.0. The Kier molecular flexibility index (Phi) is 3.08. The summed E-state index contributed by atoms with van der Waals surface area (Å²) in [6.45, 7) is 1.40. The van der Waals surface area contributed by atoms with E-state index < -0.39 is 0 Å². The molecule has 2 N–H and O–H groups in total. The molecule has 126 valence electrons. The van der Waals surface area contributed by atoms with E-state index in [9.17, 15) is 4.79 Å². The molecule has 2 aliphatic rings. The number of rotatable bonds is 1. The highest BCUT2D eigenvalue weighted by atomic mass is 32.1. The first-order valence-electron chi connectivity index (χ1n) is 7.90. The van der Waals surface area contributed by atoms with Gasteiger partial charge in [-0.1, -0.05) is 0 Å². The van der Waals surface area contributed by atoms with Crippen LogP contribution in [0.5, 0.6) is 11.5 Å². The van der Waals surface area contributed by atoms with Crippen LogP contribution in [0.1, 0.15) is 20.8 Å². The number of hydrogen-bond donors (Lipinski definition) is 1. The Labute approximate surface area is 147 Å². The van der Waals surface area contributed by atoms with E-state index in [1.165, 1.54) is 11.9 Å². The van der Waals surface area contributed by atoms with Crippen LogP contribution in [0.3, 0.4) is 0 Å². The molecule has 25 heavy (non-hydrogen) atoms. The summed E-state index contributed by atoms with van der Waals surface area (Å²) in [5.41, 5.74) is 7.79. The first-order valence-corrected chi connectivity index (χ1v) is 8.72. The van der Waals surface area contributed by atoms with Gasteiger partial charge in [-0.15, -0.1) is 11.3 Å². The number of fused-ring (bicyclic) bond motifs is 4. The van der Waals surface area contributed by atoms with Crippen LogP contribution in [0.25, 0.3) is 10.2 Å². The quantitative estimate of drug-likeness (QED) is 0.720. The SMILES string of the molecule is Nc1ncnc2sc3c(c12)CCN(C(=O)c1ccc2c(c1)OCO2)C3. The van der Waals surface area contributed by atoms with Crippen LogP contribution in [0, 0.1) is 0 Å². The van der Waals surface area contributed by atoms with Crippen molar-refractivity contribution >= 4 is 33.3 Å². The summed E-state index contributed by atoms with van der Waals surface area (Å²) >= 11 is 1.58. The Balaban J connectivity index is 1.46. The molecule has 0 unspecified atom stereocenters. The molecule has 2 aliphatic heterocycles. The topological polar surface area (TPSA) is 90.6 Å². The van der Waals surface area contributed by atoms with Gasteiger partial charge in [-0.05, 0) is 30.2 Å². The molecule has 0 fully saturated rings. The summed E-state index contributed by atoms with van der Waals surface area (Å²) in [5, 5.41) is 0.942. The number of hydrogen-bond acceptors (Lipinski definition) is 7. The molecule has 5 rings (SSSR count). The summed E-state index contributed by atoms with van der Waals surface area (Å²) in [6, 6.07) is 5.30. The van der Waals surface area contributed by atoms with E-state index >= 15 is 0 Å². The van der Waals surface area contributed by atoms with E-state index in [0.29, 0.717) is 36.0 Å². The van der Waals surface area contributed by atoms with E-state index in [2.05, 4.69) is 9.97 Å². The number of carbonyl (C=O) groups is 1. The van der Waals surface area contributed by atoms with E-state index in [4.69, 9.17) is 15.2 Å². The highest BCUT2D eigenvalue weighted by Crippen LogP contribution is 2.37. The largest absolute Gasteiger partial charge is 0.454 e. The Hall–Kier alpha value is -2.87. The lowest BCUT2D eigenvalue weighted by molar-refractivity contribution is 0.0737. The second-order valence-corrected chi connectivity index (χ2v) is 7.07. The predicted molar refractivity (Wildman–Crippen MR) is 92.8 cm³/mol. The van der Waals surface area contributed by atoms with Crippen molar-refractivity contribution in [2.24, 2.45) is 0 Å². The van der Waals surface area contributed by atoms with Gasteiger partial charge in [0, 0.05) is 17.0 Å². The van der Waals surface area contributed by atoms with Crippen LogP contribution in [-0.4, -0.2) is 34.1 Å². The number of anilines is 1. The molecule has 0 aliphatic carbocycles. The molecule has 7 nitrogen and oxygen atoms in total. The Morgan fingerprint density at radius 2 is 2.12 bits per heavy atom. The van der Waals surface area contributed by atoms with Crippen LogP contribution < -0.4 is 15.2 Å². The van der Waals surface area contributed by atoms with E-state index in [0.717, 1.165) is 21.5 Å². The average molecular weight is 354 g/mol. The van der Waals surface area contributed by atoms with E-state index in [-0.39, 0.29) is 12.7 Å². The van der Waals surface area contributed by atoms with Crippen molar-refractivity contribution in [1.29, 1.82) is 0 Å². The van der Waals surface area contributed by atoms with Gasteiger partial charge in [-0.2, -0.15) is 0 Å². The van der Waals surface area contributed by atoms with Crippen molar-refractivity contribution in [3.63, 3.8) is 0 Å². The monoisotopic (exact) mass is 354 g/mol. The minimum atomic E-state index is -0.0135. The molecule has 4 heterocycles. The van der Waals surface area contributed by atoms with Gasteiger partial charge in [0.15, 0.2) is 11.5 Å². The first-order chi connectivity index (χ1) is 12.2. The molecule has 1 aromatic carbocycles. The predicted octanol–water partition coefficient (Wildman–Crippen LogP) is 2.20. The van der Waals surface area contributed by atoms with Crippen molar-refractivity contribution in [3.8, 4) is 11.5 Å². The third kappa shape index (κ3) is 2.21. The molecular formula is C17H14N4O3S. The summed E-state index contributed by atoms with van der Waals surface area (Å²) < 4.78 is 10.7. The van der Waals surface area contributed by atoms with Crippen LogP contribution in [0.15, 0.2) is 24.5 Å². The second-order valence-electron chi connectivity index (χ2n) is 5.99. The molecule has 1 amide bonds. The maximum Gasteiger partial charge on any atom is 0.254 e. The van der Waals surface area contributed by atoms with Gasteiger partial charge in [0.05, 0.1) is 11.9 Å². The van der Waals surface area contributed by atoms with Gasteiger partial charge < -0.3 is 20.1 Å². The van der Waals surface area contributed by atoms with Crippen molar-refractivity contribution in [2.45, 2.75) is 13.0 Å². The third-order valence-corrected chi connectivity index (χ3v) is 5.70. The van der Waals surface area contributed by atoms with Gasteiger partial charge in [0.1, 0.15) is 17.0 Å². The first kappa shape index (κ1) is 14.5. The summed E-state index contributed by atoms with van der Waals surface area (Å²) in [4.78, 5) is 25.1. The maximum atomic E-state index is 12.9. The zero-order chi connectivity index (χ0) is 17.0. The lowest BCUT2D eigenvalue weighted by Gasteiger charge is -2.27. The number of benzene rings is 1. The van der Waals surface area contributed by atoms with E-state index in [1.807, 2.05) is 4.90 Å². The summed E-state index contributed by atoms with van der Waals surface area (Å²) in [5.74, 6) is 1.79.